The molecule has 0 aromatic carbocycles. The van der Waals surface area contributed by atoms with Gasteiger partial charge in [-0.05, 0) is 45.4 Å². The molecule has 2 atom stereocenters. The Kier molecular flexibility index (Phi) is 11.9. The van der Waals surface area contributed by atoms with E-state index >= 15 is 0 Å². The number of alkyl carbamates (subject to hydrolysis) is 1. The second-order valence-corrected chi connectivity index (χ2v) is 9.64. The van der Waals surface area contributed by atoms with E-state index in [9.17, 15) is 19.2 Å². The fraction of sp³-hybridized carbons (Fsp3) is 0.667. The van der Waals surface area contributed by atoms with Crippen molar-refractivity contribution in [1.82, 2.24) is 16.0 Å². The summed E-state index contributed by atoms with van der Waals surface area (Å²) < 4.78 is 10.1. The van der Waals surface area contributed by atoms with Gasteiger partial charge in [0.1, 0.15) is 23.2 Å². The first-order chi connectivity index (χ1) is 15.1. The fourth-order valence-electron chi connectivity index (χ4n) is 3.10. The van der Waals surface area contributed by atoms with Gasteiger partial charge in [0.15, 0.2) is 0 Å². The van der Waals surface area contributed by atoms with E-state index in [-0.39, 0.29) is 24.7 Å². The van der Waals surface area contributed by atoms with Gasteiger partial charge in [0, 0.05) is 0 Å². The molecule has 33 heavy (non-hydrogen) atoms. The van der Waals surface area contributed by atoms with E-state index in [1.165, 1.54) is 19.3 Å². The smallest absolute Gasteiger partial charge is 0.408 e. The van der Waals surface area contributed by atoms with Crippen LogP contribution in [0.15, 0.2) is 25.3 Å². The van der Waals surface area contributed by atoms with Gasteiger partial charge in [-0.1, -0.05) is 39.8 Å². The number of methoxy groups -OCH3 is 1. The lowest BCUT2D eigenvalue weighted by molar-refractivity contribution is -0.147. The van der Waals surface area contributed by atoms with Gasteiger partial charge >= 0.3 is 12.1 Å². The molecule has 9 heteroatoms. The predicted molar refractivity (Wildman–Crippen MR) is 127 cm³/mol. The first kappa shape index (κ1) is 30.2. The summed E-state index contributed by atoms with van der Waals surface area (Å²) in [6.45, 7) is 19.6. The Hall–Kier alpha value is -2.84. The number of esters is 1. The van der Waals surface area contributed by atoms with Crippen molar-refractivity contribution in [3.05, 3.63) is 25.3 Å². The Morgan fingerprint density at radius 2 is 1.36 bits per heavy atom. The zero-order valence-electron chi connectivity index (χ0n) is 21.2. The summed E-state index contributed by atoms with van der Waals surface area (Å²) in [6.07, 6.45) is 2.37. The van der Waals surface area contributed by atoms with Crippen molar-refractivity contribution in [3.63, 3.8) is 0 Å². The number of carbonyl (C=O) groups is 4. The van der Waals surface area contributed by atoms with E-state index in [1.807, 2.05) is 0 Å². The SMILES string of the molecule is C=CCC(CC=C)(NC(=O)OC(C)(C)C)C(=O)N[C@@H](C(=O)N[C@H](C(=O)OC)C(C)C)C(C)C. The Morgan fingerprint density at radius 3 is 1.73 bits per heavy atom. The number of nitrogens with one attached hydrogen (secondary N) is 3. The van der Waals surface area contributed by atoms with Gasteiger partial charge in [0.25, 0.3) is 0 Å². The van der Waals surface area contributed by atoms with E-state index in [4.69, 9.17) is 9.47 Å². The van der Waals surface area contributed by atoms with E-state index in [1.54, 1.807) is 48.5 Å². The van der Waals surface area contributed by atoms with Gasteiger partial charge in [-0.15, -0.1) is 13.2 Å². The third kappa shape index (κ3) is 9.67. The number of hydrogen-bond acceptors (Lipinski definition) is 6. The van der Waals surface area contributed by atoms with Crippen molar-refractivity contribution in [2.45, 2.75) is 84.5 Å². The van der Waals surface area contributed by atoms with Crippen LogP contribution >= 0.6 is 0 Å². The lowest BCUT2D eigenvalue weighted by atomic mass is 9.88. The summed E-state index contributed by atoms with van der Waals surface area (Å²) in [4.78, 5) is 51.0. The molecule has 0 aromatic heterocycles. The largest absolute Gasteiger partial charge is 0.467 e. The highest BCUT2D eigenvalue weighted by atomic mass is 16.6. The molecule has 0 saturated heterocycles. The highest BCUT2D eigenvalue weighted by Crippen LogP contribution is 2.20. The van der Waals surface area contributed by atoms with Gasteiger partial charge in [0.05, 0.1) is 7.11 Å². The molecule has 0 aliphatic heterocycles. The molecular weight excluding hydrogens is 426 g/mol. The predicted octanol–water partition coefficient (Wildman–Crippen LogP) is 2.86. The third-order valence-corrected chi connectivity index (χ3v) is 4.82. The summed E-state index contributed by atoms with van der Waals surface area (Å²) in [5.74, 6) is -2.25. The lowest BCUT2D eigenvalue weighted by Crippen LogP contribution is -2.63. The van der Waals surface area contributed by atoms with Crippen molar-refractivity contribution in [2.75, 3.05) is 7.11 Å². The van der Waals surface area contributed by atoms with Crippen molar-refractivity contribution in [3.8, 4) is 0 Å². The maximum Gasteiger partial charge on any atom is 0.408 e. The number of amides is 3. The van der Waals surface area contributed by atoms with Crippen LogP contribution in [0.5, 0.6) is 0 Å². The van der Waals surface area contributed by atoms with Crippen molar-refractivity contribution >= 4 is 23.9 Å². The molecule has 188 valence electrons. The molecular formula is C24H41N3O6. The van der Waals surface area contributed by atoms with Crippen LogP contribution in [0.25, 0.3) is 0 Å². The van der Waals surface area contributed by atoms with Gasteiger partial charge in [-0.3, -0.25) is 9.59 Å². The first-order valence-electron chi connectivity index (χ1n) is 11.1. The highest BCUT2D eigenvalue weighted by molar-refractivity contribution is 5.95. The van der Waals surface area contributed by atoms with E-state index < -0.39 is 47.1 Å². The molecule has 0 bridgehead atoms. The van der Waals surface area contributed by atoms with Crippen LogP contribution < -0.4 is 16.0 Å². The van der Waals surface area contributed by atoms with Gasteiger partial charge < -0.3 is 25.4 Å². The van der Waals surface area contributed by atoms with Crippen LogP contribution in [-0.2, 0) is 23.9 Å². The molecule has 0 aliphatic carbocycles. The van der Waals surface area contributed by atoms with Gasteiger partial charge in [-0.2, -0.15) is 0 Å². The topological polar surface area (TPSA) is 123 Å². The van der Waals surface area contributed by atoms with Crippen LogP contribution in [0.3, 0.4) is 0 Å². The van der Waals surface area contributed by atoms with Crippen LogP contribution in [0.2, 0.25) is 0 Å². The molecule has 0 heterocycles. The van der Waals surface area contributed by atoms with Gasteiger partial charge in [-0.25, -0.2) is 9.59 Å². The summed E-state index contributed by atoms with van der Waals surface area (Å²) in [7, 11) is 1.24. The zero-order chi connectivity index (χ0) is 26.0. The zero-order valence-corrected chi connectivity index (χ0v) is 21.2. The Balaban J connectivity index is 5.90. The van der Waals surface area contributed by atoms with E-state index in [2.05, 4.69) is 29.1 Å². The second-order valence-electron chi connectivity index (χ2n) is 9.64. The molecule has 0 aliphatic rings. The van der Waals surface area contributed by atoms with E-state index in [0.717, 1.165) is 0 Å². The maximum atomic E-state index is 13.4. The normalized spacial score (nSPS) is 13.5. The molecule has 0 radical (unpaired) electrons. The molecule has 3 amide bonds. The molecule has 0 aromatic rings. The first-order valence-corrected chi connectivity index (χ1v) is 11.1. The van der Waals surface area contributed by atoms with Crippen LogP contribution in [0.4, 0.5) is 4.79 Å². The molecule has 3 N–H and O–H groups in total. The summed E-state index contributed by atoms with van der Waals surface area (Å²) >= 11 is 0. The average Bonchev–Trinajstić information content (AvgIpc) is 2.67. The van der Waals surface area contributed by atoms with Crippen molar-refractivity contribution < 1.29 is 28.7 Å². The Morgan fingerprint density at radius 1 is 0.879 bits per heavy atom. The minimum Gasteiger partial charge on any atom is -0.467 e. The van der Waals surface area contributed by atoms with Gasteiger partial charge in [0.2, 0.25) is 11.8 Å². The van der Waals surface area contributed by atoms with Crippen LogP contribution in [0.1, 0.15) is 61.3 Å². The number of ether oxygens (including phenoxy) is 2. The molecule has 0 spiro atoms. The van der Waals surface area contributed by atoms with Crippen molar-refractivity contribution in [2.24, 2.45) is 11.8 Å². The summed E-state index contributed by atoms with van der Waals surface area (Å²) in [5, 5.41) is 8.02. The molecule has 0 unspecified atom stereocenters. The third-order valence-electron chi connectivity index (χ3n) is 4.82. The maximum absolute atomic E-state index is 13.4. The number of carbonyl (C=O) groups excluding carboxylic acids is 4. The monoisotopic (exact) mass is 467 g/mol. The quantitative estimate of drug-likeness (QED) is 0.300. The number of hydrogen-bond donors (Lipinski definition) is 3. The highest BCUT2D eigenvalue weighted by Gasteiger charge is 2.41. The summed E-state index contributed by atoms with van der Waals surface area (Å²) in [6, 6.07) is -1.84. The molecule has 9 nitrogen and oxygen atoms in total. The number of rotatable bonds is 12. The molecule has 0 fully saturated rings. The molecule has 0 rings (SSSR count). The van der Waals surface area contributed by atoms with E-state index in [0.29, 0.717) is 0 Å². The standard InChI is InChI=1S/C24H41N3O6/c1-11-13-24(14-12-2,27-22(31)33-23(7,8)9)21(30)26-17(15(3)4)19(28)25-18(16(5)6)20(29)32-10/h11-12,15-18H,1-2,13-14H2,3-10H3,(H,25,28)(H,26,30)(H,27,31)/t17-,18+/m1/s1. The van der Waals surface area contributed by atoms with Crippen LogP contribution in [-0.4, -0.2) is 54.2 Å². The Labute approximate surface area is 197 Å². The Bertz CT molecular complexity index is 714. The summed E-state index contributed by atoms with van der Waals surface area (Å²) in [5.41, 5.74) is -2.23. The minimum absolute atomic E-state index is 0.0767. The lowest BCUT2D eigenvalue weighted by Gasteiger charge is -2.35. The van der Waals surface area contributed by atoms with Crippen LogP contribution in [0, 0.1) is 11.8 Å². The fourth-order valence-corrected chi connectivity index (χ4v) is 3.10. The van der Waals surface area contributed by atoms with Crippen molar-refractivity contribution in [1.29, 1.82) is 0 Å². The molecule has 0 saturated carbocycles. The second kappa shape index (κ2) is 13.0. The average molecular weight is 468 g/mol. The minimum atomic E-state index is -1.46.